The lowest BCUT2D eigenvalue weighted by molar-refractivity contribution is 0.634. The van der Waals surface area contributed by atoms with Gasteiger partial charge in [0.05, 0.1) is 5.69 Å². The van der Waals surface area contributed by atoms with Crippen molar-refractivity contribution in [3.63, 3.8) is 0 Å². The topological polar surface area (TPSA) is 58.0 Å². The molecule has 6 nitrogen and oxygen atoms in total. The number of aromatic nitrogens is 4. The maximum absolute atomic E-state index is 4.83. The van der Waals surface area contributed by atoms with Gasteiger partial charge in [0, 0.05) is 43.5 Å². The third kappa shape index (κ3) is 2.92. The first-order valence-corrected chi connectivity index (χ1v) is 9.69. The van der Waals surface area contributed by atoms with Gasteiger partial charge in [0.15, 0.2) is 5.16 Å². The zero-order chi connectivity index (χ0) is 16.5. The highest BCUT2D eigenvalue weighted by molar-refractivity contribution is 7.98. The third-order valence-electron chi connectivity index (χ3n) is 4.77. The van der Waals surface area contributed by atoms with Crippen molar-refractivity contribution in [2.75, 3.05) is 42.2 Å². The quantitative estimate of drug-likeness (QED) is 0.625. The van der Waals surface area contributed by atoms with Gasteiger partial charge in [0.25, 0.3) is 0 Å². The average Bonchev–Trinajstić information content (AvgIpc) is 3.09. The second-order valence-corrected chi connectivity index (χ2v) is 7.08. The summed E-state index contributed by atoms with van der Waals surface area (Å²) in [6, 6.07) is 2.06. The van der Waals surface area contributed by atoms with Gasteiger partial charge in [0.1, 0.15) is 18.0 Å². The molecule has 1 aliphatic carbocycles. The van der Waals surface area contributed by atoms with Gasteiger partial charge in [0.2, 0.25) is 0 Å². The van der Waals surface area contributed by atoms with E-state index in [0.29, 0.717) is 0 Å². The van der Waals surface area contributed by atoms with Gasteiger partial charge in [-0.15, -0.1) is 0 Å². The highest BCUT2D eigenvalue weighted by atomic mass is 32.2. The van der Waals surface area contributed by atoms with Crippen molar-refractivity contribution < 1.29 is 0 Å². The van der Waals surface area contributed by atoms with Crippen molar-refractivity contribution in [3.05, 3.63) is 29.3 Å². The van der Waals surface area contributed by atoms with E-state index >= 15 is 0 Å². The first-order valence-electron chi connectivity index (χ1n) is 8.47. The van der Waals surface area contributed by atoms with Crippen LogP contribution in [-0.2, 0) is 12.8 Å². The molecule has 1 saturated heterocycles. The Kier molecular flexibility index (Phi) is 4.26. The number of fused-ring (bicyclic) bond motifs is 1. The Balaban J connectivity index is 1.53. The van der Waals surface area contributed by atoms with Crippen molar-refractivity contribution >= 4 is 23.4 Å². The summed E-state index contributed by atoms with van der Waals surface area (Å²) < 4.78 is 0. The molecule has 2 aromatic rings. The van der Waals surface area contributed by atoms with E-state index in [4.69, 9.17) is 9.97 Å². The Hall–Kier alpha value is -1.89. The Morgan fingerprint density at radius 1 is 1.00 bits per heavy atom. The molecule has 0 bridgehead atoms. The van der Waals surface area contributed by atoms with Crippen molar-refractivity contribution in [2.24, 2.45) is 0 Å². The van der Waals surface area contributed by atoms with Gasteiger partial charge in [-0.2, -0.15) is 0 Å². The van der Waals surface area contributed by atoms with Crippen molar-refractivity contribution in [1.29, 1.82) is 0 Å². The number of aryl methyl sites for hydroxylation is 2. The summed E-state index contributed by atoms with van der Waals surface area (Å²) in [5.41, 5.74) is 3.65. The molecule has 2 aromatic heterocycles. The molecule has 24 heavy (non-hydrogen) atoms. The minimum Gasteiger partial charge on any atom is -0.353 e. The normalized spacial score (nSPS) is 17.2. The smallest absolute Gasteiger partial charge is 0.189 e. The lowest BCUT2D eigenvalue weighted by atomic mass is 10.2. The summed E-state index contributed by atoms with van der Waals surface area (Å²) in [5.74, 6) is 2.19. The minimum absolute atomic E-state index is 0.902. The van der Waals surface area contributed by atoms with Crippen LogP contribution in [0.2, 0.25) is 0 Å². The molecule has 2 aliphatic rings. The molecule has 126 valence electrons. The molecule has 3 heterocycles. The van der Waals surface area contributed by atoms with Crippen LogP contribution >= 0.6 is 11.8 Å². The summed E-state index contributed by atoms with van der Waals surface area (Å²) in [7, 11) is 0. The van der Waals surface area contributed by atoms with Crippen molar-refractivity contribution in [1.82, 2.24) is 19.9 Å². The number of nitrogens with zero attached hydrogens (tertiary/aromatic N) is 6. The largest absolute Gasteiger partial charge is 0.353 e. The Morgan fingerprint density at radius 2 is 1.79 bits per heavy atom. The van der Waals surface area contributed by atoms with E-state index in [-0.39, 0.29) is 0 Å². The van der Waals surface area contributed by atoms with Gasteiger partial charge in [-0.1, -0.05) is 11.8 Å². The molecular formula is C17H22N6S. The maximum Gasteiger partial charge on any atom is 0.189 e. The number of hydrogen-bond acceptors (Lipinski definition) is 7. The average molecular weight is 342 g/mol. The lowest BCUT2D eigenvalue weighted by Crippen LogP contribution is -2.47. The zero-order valence-electron chi connectivity index (χ0n) is 14.2. The van der Waals surface area contributed by atoms with E-state index in [1.54, 1.807) is 18.1 Å². The number of anilines is 2. The number of piperazine rings is 1. The molecule has 0 unspecified atom stereocenters. The summed E-state index contributed by atoms with van der Waals surface area (Å²) in [6.07, 6.45) is 7.12. The van der Waals surface area contributed by atoms with Crippen LogP contribution in [0.4, 0.5) is 11.6 Å². The fourth-order valence-corrected chi connectivity index (χ4v) is 3.88. The van der Waals surface area contributed by atoms with E-state index in [9.17, 15) is 0 Å². The molecular weight excluding hydrogens is 320 g/mol. The second kappa shape index (κ2) is 6.55. The molecule has 0 saturated carbocycles. The number of thioether (sulfide) groups is 1. The Labute approximate surface area is 146 Å². The van der Waals surface area contributed by atoms with E-state index < -0.39 is 0 Å². The predicted molar refractivity (Wildman–Crippen MR) is 97.0 cm³/mol. The lowest BCUT2D eigenvalue weighted by Gasteiger charge is -2.36. The van der Waals surface area contributed by atoms with Crippen LogP contribution in [0.3, 0.4) is 0 Å². The van der Waals surface area contributed by atoms with Gasteiger partial charge in [-0.25, -0.2) is 19.9 Å². The monoisotopic (exact) mass is 342 g/mol. The zero-order valence-corrected chi connectivity index (χ0v) is 15.0. The van der Waals surface area contributed by atoms with Crippen LogP contribution in [0.15, 0.2) is 17.6 Å². The van der Waals surface area contributed by atoms with Crippen molar-refractivity contribution in [2.45, 2.75) is 31.3 Å². The fraction of sp³-hybridized carbons (Fsp3) is 0.529. The fourth-order valence-electron chi connectivity index (χ4n) is 3.50. The molecule has 0 amide bonds. The van der Waals surface area contributed by atoms with Crippen LogP contribution < -0.4 is 9.80 Å². The molecule has 4 rings (SSSR count). The van der Waals surface area contributed by atoms with Crippen molar-refractivity contribution in [3.8, 4) is 0 Å². The van der Waals surface area contributed by atoms with Gasteiger partial charge in [-0.05, 0) is 32.4 Å². The molecule has 0 spiro atoms. The van der Waals surface area contributed by atoms with Crippen LogP contribution in [0.5, 0.6) is 0 Å². The molecule has 0 radical (unpaired) electrons. The molecule has 0 atom stereocenters. The van der Waals surface area contributed by atoms with Crippen LogP contribution in [0, 0.1) is 6.92 Å². The third-order valence-corrected chi connectivity index (χ3v) is 5.31. The Bertz CT molecular complexity index is 742. The minimum atomic E-state index is 0.902. The van der Waals surface area contributed by atoms with E-state index in [1.165, 1.54) is 23.5 Å². The summed E-state index contributed by atoms with van der Waals surface area (Å²) in [5, 5.41) is 0.902. The summed E-state index contributed by atoms with van der Waals surface area (Å²) >= 11 is 1.64. The molecule has 0 N–H and O–H groups in total. The molecule has 0 aromatic carbocycles. The summed E-state index contributed by atoms with van der Waals surface area (Å²) in [6.45, 7) is 5.88. The number of rotatable bonds is 3. The molecule has 1 aliphatic heterocycles. The van der Waals surface area contributed by atoms with Crippen LogP contribution in [0.25, 0.3) is 0 Å². The highest BCUT2D eigenvalue weighted by Gasteiger charge is 2.26. The van der Waals surface area contributed by atoms with Crippen LogP contribution in [0.1, 0.15) is 23.4 Å². The highest BCUT2D eigenvalue weighted by Crippen LogP contribution is 2.31. The van der Waals surface area contributed by atoms with Gasteiger partial charge >= 0.3 is 0 Å². The predicted octanol–water partition coefficient (Wildman–Crippen LogP) is 2.11. The number of hydrogen-bond donors (Lipinski definition) is 0. The summed E-state index contributed by atoms with van der Waals surface area (Å²) in [4.78, 5) is 22.9. The molecule has 7 heteroatoms. The van der Waals surface area contributed by atoms with E-state index in [2.05, 4.69) is 32.1 Å². The van der Waals surface area contributed by atoms with E-state index in [0.717, 1.165) is 55.7 Å². The van der Waals surface area contributed by atoms with E-state index in [1.807, 2.05) is 6.92 Å². The first-order chi connectivity index (χ1) is 11.7. The second-order valence-electron chi connectivity index (χ2n) is 6.30. The van der Waals surface area contributed by atoms with Crippen LogP contribution in [-0.4, -0.2) is 52.4 Å². The first kappa shape index (κ1) is 15.6. The molecule has 1 fully saturated rings. The Morgan fingerprint density at radius 3 is 2.54 bits per heavy atom. The van der Waals surface area contributed by atoms with Gasteiger partial charge < -0.3 is 9.80 Å². The maximum atomic E-state index is 4.83. The standard InChI is InChI=1S/C17H22N6S/c1-12-10-15(19-11-18-12)22-6-8-23(9-7-22)16-13-4-3-5-14(13)20-17(21-16)24-2/h10-11H,3-9H2,1-2H3. The SMILES string of the molecule is CSc1nc2c(c(N3CCN(c4cc(C)ncn4)CC3)n1)CCC2. The van der Waals surface area contributed by atoms with Gasteiger partial charge in [-0.3, -0.25) is 0 Å².